The fourth-order valence-electron chi connectivity index (χ4n) is 5.29. The van der Waals surface area contributed by atoms with Crippen LogP contribution in [0.2, 0.25) is 0 Å². The van der Waals surface area contributed by atoms with Gasteiger partial charge in [-0.3, -0.25) is 0 Å². The van der Waals surface area contributed by atoms with Crippen molar-refractivity contribution in [2.45, 2.75) is 45.6 Å². The van der Waals surface area contributed by atoms with Crippen molar-refractivity contribution in [1.82, 2.24) is 19.5 Å². The number of likely N-dealkylation sites (tertiary alicyclic amines) is 1. The second kappa shape index (κ2) is 10.2. The Morgan fingerprint density at radius 3 is 2.76 bits per heavy atom. The largest absolute Gasteiger partial charge is 0.497 e. The van der Waals surface area contributed by atoms with Crippen LogP contribution in [0.4, 0.5) is 0 Å². The summed E-state index contributed by atoms with van der Waals surface area (Å²) in [5.74, 6) is 2.93. The van der Waals surface area contributed by atoms with Crippen LogP contribution in [0.15, 0.2) is 53.1 Å². The number of aromatic nitrogens is 3. The molecule has 0 saturated carbocycles. The van der Waals surface area contributed by atoms with Crippen molar-refractivity contribution in [3.05, 3.63) is 64.8 Å². The predicted molar refractivity (Wildman–Crippen MR) is 147 cm³/mol. The summed E-state index contributed by atoms with van der Waals surface area (Å²) in [6.07, 6.45) is 5.54. The van der Waals surface area contributed by atoms with Gasteiger partial charge in [-0.25, -0.2) is 9.50 Å². The SMILES string of the molecule is CCCN1CCC(c2cccc(OCc3cc(OC)cc4oc(-c5cn6nc(C)sc6n5)cc34)c2)CC1. The summed E-state index contributed by atoms with van der Waals surface area (Å²) in [7, 11) is 1.67. The van der Waals surface area contributed by atoms with Crippen molar-refractivity contribution < 1.29 is 13.9 Å². The number of ether oxygens (including phenoxy) is 2. The molecule has 0 atom stereocenters. The number of piperidine rings is 1. The zero-order valence-corrected chi connectivity index (χ0v) is 22.4. The molecule has 0 aliphatic carbocycles. The molecule has 1 fully saturated rings. The quantitative estimate of drug-likeness (QED) is 0.229. The van der Waals surface area contributed by atoms with Crippen LogP contribution in [0, 0.1) is 6.92 Å². The number of nitrogens with zero attached hydrogens (tertiary/aromatic N) is 4. The lowest BCUT2D eigenvalue weighted by atomic mass is 9.89. The highest BCUT2D eigenvalue weighted by atomic mass is 32.1. The maximum atomic E-state index is 6.32. The lowest BCUT2D eigenvalue weighted by Crippen LogP contribution is -2.33. The van der Waals surface area contributed by atoms with Crippen molar-refractivity contribution in [3.63, 3.8) is 0 Å². The van der Waals surface area contributed by atoms with E-state index in [0.29, 0.717) is 18.3 Å². The van der Waals surface area contributed by atoms with E-state index in [2.05, 4.69) is 35.1 Å². The Hall–Kier alpha value is -3.36. The van der Waals surface area contributed by atoms with Crippen LogP contribution in [0.1, 0.15) is 48.2 Å². The van der Waals surface area contributed by atoms with Gasteiger partial charge >= 0.3 is 0 Å². The number of rotatable bonds is 8. The lowest BCUT2D eigenvalue weighted by Gasteiger charge is -2.32. The number of furan rings is 1. The van der Waals surface area contributed by atoms with E-state index >= 15 is 0 Å². The molecule has 6 rings (SSSR count). The van der Waals surface area contributed by atoms with E-state index in [4.69, 9.17) is 18.9 Å². The van der Waals surface area contributed by atoms with E-state index in [1.807, 2.05) is 37.4 Å². The van der Waals surface area contributed by atoms with E-state index in [1.165, 1.54) is 44.5 Å². The molecular formula is C29H32N4O3S. The normalized spacial score (nSPS) is 15.1. The maximum Gasteiger partial charge on any atom is 0.212 e. The minimum absolute atomic E-state index is 0.421. The number of methoxy groups -OCH3 is 1. The third-order valence-electron chi connectivity index (χ3n) is 7.18. The highest BCUT2D eigenvalue weighted by Gasteiger charge is 2.21. The number of aryl methyl sites for hydroxylation is 1. The zero-order chi connectivity index (χ0) is 25.4. The van der Waals surface area contributed by atoms with Gasteiger partial charge in [0.05, 0.1) is 13.3 Å². The molecule has 0 unspecified atom stereocenters. The summed E-state index contributed by atoms with van der Waals surface area (Å²) in [6, 6.07) is 14.6. The van der Waals surface area contributed by atoms with E-state index in [9.17, 15) is 0 Å². The third kappa shape index (κ3) is 4.95. The second-order valence-electron chi connectivity index (χ2n) is 9.76. The molecule has 0 amide bonds. The summed E-state index contributed by atoms with van der Waals surface area (Å²) in [5, 5.41) is 6.44. The van der Waals surface area contributed by atoms with Crippen molar-refractivity contribution >= 4 is 27.3 Å². The lowest BCUT2D eigenvalue weighted by molar-refractivity contribution is 0.212. The minimum Gasteiger partial charge on any atom is -0.497 e. The Labute approximate surface area is 220 Å². The highest BCUT2D eigenvalue weighted by molar-refractivity contribution is 7.16. The first-order valence-electron chi connectivity index (χ1n) is 13.0. The molecule has 37 heavy (non-hydrogen) atoms. The molecule has 3 aromatic heterocycles. The Morgan fingerprint density at radius 1 is 1.11 bits per heavy atom. The average Bonchev–Trinajstić information content (AvgIpc) is 3.60. The number of hydrogen-bond acceptors (Lipinski definition) is 7. The fourth-order valence-corrected chi connectivity index (χ4v) is 6.02. The summed E-state index contributed by atoms with van der Waals surface area (Å²) in [4.78, 5) is 8.12. The van der Waals surface area contributed by atoms with Gasteiger partial charge in [0.25, 0.3) is 0 Å². The Morgan fingerprint density at radius 2 is 1.97 bits per heavy atom. The van der Waals surface area contributed by atoms with Gasteiger partial charge < -0.3 is 18.8 Å². The fraction of sp³-hybridized carbons (Fsp3) is 0.379. The van der Waals surface area contributed by atoms with Crippen LogP contribution in [-0.4, -0.2) is 46.2 Å². The molecule has 0 spiro atoms. The van der Waals surface area contributed by atoms with E-state index in [-0.39, 0.29) is 0 Å². The standard InChI is InChI=1S/C29H32N4O3S/c1-4-10-32-11-8-20(9-12-32)21-6-5-7-23(13-21)35-18-22-14-24(34-3)15-27-25(22)16-28(36-27)26-17-33-29(30-26)37-19(2)31-33/h5-7,13-17,20H,4,8-12,18H2,1-3H3. The first-order valence-corrected chi connectivity index (χ1v) is 13.8. The predicted octanol–water partition coefficient (Wildman–Crippen LogP) is 6.69. The summed E-state index contributed by atoms with van der Waals surface area (Å²) >= 11 is 1.56. The molecule has 0 N–H and O–H groups in total. The van der Waals surface area contributed by atoms with Gasteiger partial charge in [-0.15, -0.1) is 0 Å². The third-order valence-corrected chi connectivity index (χ3v) is 8.02. The van der Waals surface area contributed by atoms with Crippen LogP contribution in [0.25, 0.3) is 27.4 Å². The molecule has 4 heterocycles. The van der Waals surface area contributed by atoms with Gasteiger partial charge in [-0.2, -0.15) is 5.10 Å². The molecular weight excluding hydrogens is 484 g/mol. The Balaban J connectivity index is 1.22. The zero-order valence-electron chi connectivity index (χ0n) is 21.6. The van der Waals surface area contributed by atoms with Gasteiger partial charge in [-0.1, -0.05) is 30.4 Å². The van der Waals surface area contributed by atoms with Crippen LogP contribution >= 0.6 is 11.3 Å². The summed E-state index contributed by atoms with van der Waals surface area (Å²) < 4.78 is 19.9. The molecule has 2 aromatic carbocycles. The summed E-state index contributed by atoms with van der Waals surface area (Å²) in [6.45, 7) is 8.22. The van der Waals surface area contributed by atoms with E-state index in [0.717, 1.165) is 43.7 Å². The first kappa shape index (κ1) is 24.0. The smallest absolute Gasteiger partial charge is 0.212 e. The molecule has 0 bridgehead atoms. The molecule has 7 nitrogen and oxygen atoms in total. The first-order chi connectivity index (χ1) is 18.1. The molecule has 1 aliphatic rings. The molecule has 5 aromatic rings. The molecule has 1 saturated heterocycles. The highest BCUT2D eigenvalue weighted by Crippen LogP contribution is 2.35. The van der Waals surface area contributed by atoms with Crippen LogP contribution in [0.3, 0.4) is 0 Å². The number of hydrogen-bond donors (Lipinski definition) is 0. The molecule has 192 valence electrons. The average molecular weight is 517 g/mol. The monoisotopic (exact) mass is 516 g/mol. The van der Waals surface area contributed by atoms with Crippen molar-refractivity contribution in [1.29, 1.82) is 0 Å². The number of imidazole rings is 1. The van der Waals surface area contributed by atoms with E-state index in [1.54, 1.807) is 23.0 Å². The van der Waals surface area contributed by atoms with Gasteiger partial charge in [0.1, 0.15) is 34.4 Å². The number of fused-ring (bicyclic) bond motifs is 2. The maximum absolute atomic E-state index is 6.32. The number of benzene rings is 2. The van der Waals surface area contributed by atoms with Gasteiger partial charge in [-0.05, 0) is 81.6 Å². The molecule has 1 aliphatic heterocycles. The van der Waals surface area contributed by atoms with Crippen molar-refractivity contribution in [3.8, 4) is 23.0 Å². The van der Waals surface area contributed by atoms with Crippen LogP contribution in [-0.2, 0) is 6.61 Å². The summed E-state index contributed by atoms with van der Waals surface area (Å²) in [5.41, 5.74) is 3.90. The Bertz CT molecular complexity index is 1500. The second-order valence-corrected chi connectivity index (χ2v) is 10.9. The van der Waals surface area contributed by atoms with Crippen molar-refractivity contribution in [2.75, 3.05) is 26.7 Å². The van der Waals surface area contributed by atoms with Gasteiger partial charge in [0.2, 0.25) is 4.96 Å². The van der Waals surface area contributed by atoms with Crippen LogP contribution < -0.4 is 9.47 Å². The van der Waals surface area contributed by atoms with E-state index < -0.39 is 0 Å². The van der Waals surface area contributed by atoms with Crippen LogP contribution in [0.5, 0.6) is 11.5 Å². The van der Waals surface area contributed by atoms with Gasteiger partial charge in [0, 0.05) is 17.0 Å². The molecule has 0 radical (unpaired) electrons. The topological polar surface area (TPSA) is 65.0 Å². The van der Waals surface area contributed by atoms with Gasteiger partial charge in [0.15, 0.2) is 5.76 Å². The minimum atomic E-state index is 0.421. The van der Waals surface area contributed by atoms with Crippen molar-refractivity contribution in [2.24, 2.45) is 0 Å². The Kier molecular flexibility index (Phi) is 6.61. The molecule has 8 heteroatoms.